The molecule has 1 N–H and O–H groups in total. The van der Waals surface area contributed by atoms with E-state index in [4.69, 9.17) is 5.11 Å². The molecule has 0 aliphatic carbocycles. The summed E-state index contributed by atoms with van der Waals surface area (Å²) in [5, 5.41) is 11.0. The number of hydrogen-bond acceptors (Lipinski definition) is 3. The summed E-state index contributed by atoms with van der Waals surface area (Å²) in [6.45, 7) is 6.07. The first-order valence-electron chi connectivity index (χ1n) is 10.5. The fraction of sp³-hybridized carbons (Fsp3) is 0.320. The molecule has 4 nitrogen and oxygen atoms in total. The monoisotopic (exact) mass is 406 g/mol. The minimum Gasteiger partial charge on any atom is -0.396 e. The molecule has 1 amide bonds. The van der Waals surface area contributed by atoms with Crippen LogP contribution in [-0.2, 0) is 0 Å². The van der Waals surface area contributed by atoms with Crippen molar-refractivity contribution in [2.75, 3.05) is 39.3 Å². The van der Waals surface area contributed by atoms with E-state index in [-0.39, 0.29) is 18.3 Å². The predicted octanol–water partition coefficient (Wildman–Crippen LogP) is 4.09. The molecule has 1 aliphatic rings. The van der Waals surface area contributed by atoms with Crippen molar-refractivity contribution in [3.05, 3.63) is 71.5 Å². The number of carbonyl (C=O) groups excluding carboxylic acids is 1. The van der Waals surface area contributed by atoms with Gasteiger partial charge in [-0.15, -0.1) is 0 Å². The first-order valence-corrected chi connectivity index (χ1v) is 10.5. The van der Waals surface area contributed by atoms with Crippen LogP contribution in [-0.4, -0.2) is 60.1 Å². The fourth-order valence-electron chi connectivity index (χ4n) is 4.11. The van der Waals surface area contributed by atoms with Crippen LogP contribution in [0, 0.1) is 12.7 Å². The van der Waals surface area contributed by atoms with Crippen molar-refractivity contribution < 1.29 is 14.3 Å². The number of piperazine rings is 1. The topological polar surface area (TPSA) is 43.8 Å². The summed E-state index contributed by atoms with van der Waals surface area (Å²) >= 11 is 0. The Morgan fingerprint density at radius 2 is 1.67 bits per heavy atom. The maximum absolute atomic E-state index is 13.8. The molecule has 0 unspecified atom stereocenters. The molecule has 5 heteroatoms. The van der Waals surface area contributed by atoms with Crippen molar-refractivity contribution in [2.45, 2.75) is 13.3 Å². The maximum Gasteiger partial charge on any atom is 0.253 e. The SMILES string of the molecule is Cc1cc(F)cc(-c2ccc3cc(C(=O)N4CCN(CCCO)CC4)ccc3c2)c1. The van der Waals surface area contributed by atoms with E-state index >= 15 is 0 Å². The molecular weight excluding hydrogens is 379 g/mol. The Kier molecular flexibility index (Phi) is 6.11. The zero-order valence-electron chi connectivity index (χ0n) is 17.3. The molecule has 3 aromatic carbocycles. The standard InChI is InChI=1S/C25H27FN2O2/c1-18-13-23(17-24(26)14-18)21-4-3-20-16-22(6-5-19(20)15-21)25(30)28-10-8-27(9-11-28)7-2-12-29/h3-6,13-17,29H,2,7-12H2,1H3. The third-order valence-corrected chi connectivity index (χ3v) is 5.75. The Hall–Kier alpha value is -2.76. The van der Waals surface area contributed by atoms with Crippen molar-refractivity contribution in [1.82, 2.24) is 9.80 Å². The highest BCUT2D eigenvalue weighted by atomic mass is 19.1. The largest absolute Gasteiger partial charge is 0.396 e. The highest BCUT2D eigenvalue weighted by Gasteiger charge is 2.22. The van der Waals surface area contributed by atoms with E-state index in [9.17, 15) is 9.18 Å². The molecule has 3 aromatic rings. The van der Waals surface area contributed by atoms with Crippen LogP contribution in [0.2, 0.25) is 0 Å². The summed E-state index contributed by atoms with van der Waals surface area (Å²) < 4.78 is 13.8. The Labute approximate surface area is 176 Å². The smallest absolute Gasteiger partial charge is 0.253 e. The molecule has 1 heterocycles. The van der Waals surface area contributed by atoms with Crippen LogP contribution < -0.4 is 0 Å². The first-order chi connectivity index (χ1) is 14.5. The van der Waals surface area contributed by atoms with Gasteiger partial charge in [-0.25, -0.2) is 4.39 Å². The van der Waals surface area contributed by atoms with Crippen LogP contribution in [0.15, 0.2) is 54.6 Å². The second kappa shape index (κ2) is 8.94. The van der Waals surface area contributed by atoms with E-state index in [2.05, 4.69) is 4.90 Å². The third kappa shape index (κ3) is 4.53. The van der Waals surface area contributed by atoms with Gasteiger partial charge in [-0.3, -0.25) is 9.69 Å². The number of aliphatic hydroxyl groups is 1. The molecule has 0 spiro atoms. The van der Waals surface area contributed by atoms with Gasteiger partial charge in [0.15, 0.2) is 0 Å². The number of aryl methyl sites for hydroxylation is 1. The van der Waals surface area contributed by atoms with Gasteiger partial charge >= 0.3 is 0 Å². The average Bonchev–Trinajstić information content (AvgIpc) is 2.76. The van der Waals surface area contributed by atoms with Crippen molar-refractivity contribution in [1.29, 1.82) is 0 Å². The molecule has 4 rings (SSSR count). The summed E-state index contributed by atoms with van der Waals surface area (Å²) in [5.74, 6) is -0.175. The summed E-state index contributed by atoms with van der Waals surface area (Å²) in [6, 6.07) is 16.8. The fourth-order valence-corrected chi connectivity index (χ4v) is 4.11. The minimum absolute atomic E-state index is 0.0588. The Balaban J connectivity index is 1.50. The average molecular weight is 407 g/mol. The Bertz CT molecular complexity index is 1040. The third-order valence-electron chi connectivity index (χ3n) is 5.75. The van der Waals surface area contributed by atoms with E-state index in [0.29, 0.717) is 18.7 Å². The summed E-state index contributed by atoms with van der Waals surface area (Å²) in [5.41, 5.74) is 3.40. The van der Waals surface area contributed by atoms with Gasteiger partial charge in [-0.2, -0.15) is 0 Å². The van der Waals surface area contributed by atoms with Crippen LogP contribution in [0.3, 0.4) is 0 Å². The van der Waals surface area contributed by atoms with Crippen LogP contribution in [0.1, 0.15) is 22.3 Å². The molecule has 1 aliphatic heterocycles. The van der Waals surface area contributed by atoms with Crippen molar-refractivity contribution in [3.8, 4) is 11.1 Å². The number of halogens is 1. The van der Waals surface area contributed by atoms with Crippen LogP contribution >= 0.6 is 0 Å². The first kappa shape index (κ1) is 20.5. The van der Waals surface area contributed by atoms with E-state index in [0.717, 1.165) is 53.5 Å². The minimum atomic E-state index is -0.234. The molecular formula is C25H27FN2O2. The number of aliphatic hydroxyl groups excluding tert-OH is 1. The normalized spacial score (nSPS) is 15.0. The molecule has 0 aromatic heterocycles. The predicted molar refractivity (Wildman–Crippen MR) is 118 cm³/mol. The van der Waals surface area contributed by atoms with Gasteiger partial charge in [0.2, 0.25) is 0 Å². The van der Waals surface area contributed by atoms with E-state index in [1.807, 2.05) is 54.3 Å². The van der Waals surface area contributed by atoms with Gasteiger partial charge in [0.25, 0.3) is 5.91 Å². The summed E-state index contributed by atoms with van der Waals surface area (Å²) in [4.78, 5) is 17.1. The lowest BCUT2D eigenvalue weighted by atomic mass is 9.98. The van der Waals surface area contributed by atoms with Crippen molar-refractivity contribution in [3.63, 3.8) is 0 Å². The molecule has 0 atom stereocenters. The lowest BCUT2D eigenvalue weighted by Crippen LogP contribution is -2.48. The number of nitrogens with zero attached hydrogens (tertiary/aromatic N) is 2. The molecule has 156 valence electrons. The van der Waals surface area contributed by atoms with Crippen LogP contribution in [0.4, 0.5) is 4.39 Å². The van der Waals surface area contributed by atoms with Crippen LogP contribution in [0.5, 0.6) is 0 Å². The van der Waals surface area contributed by atoms with Gasteiger partial charge in [-0.05, 0) is 71.1 Å². The second-order valence-corrected chi connectivity index (χ2v) is 8.00. The van der Waals surface area contributed by atoms with Crippen molar-refractivity contribution in [2.24, 2.45) is 0 Å². The zero-order chi connectivity index (χ0) is 21.1. The van der Waals surface area contributed by atoms with Gasteiger partial charge < -0.3 is 10.0 Å². The molecule has 1 saturated heterocycles. The summed E-state index contributed by atoms with van der Waals surface area (Å²) in [6.07, 6.45) is 0.774. The number of amides is 1. The lowest BCUT2D eigenvalue weighted by Gasteiger charge is -2.34. The molecule has 30 heavy (non-hydrogen) atoms. The summed E-state index contributed by atoms with van der Waals surface area (Å²) in [7, 11) is 0. The van der Waals surface area contributed by atoms with Gasteiger partial charge in [0, 0.05) is 44.9 Å². The van der Waals surface area contributed by atoms with E-state index < -0.39 is 0 Å². The Morgan fingerprint density at radius 1 is 0.933 bits per heavy atom. The zero-order valence-corrected chi connectivity index (χ0v) is 17.3. The lowest BCUT2D eigenvalue weighted by molar-refractivity contribution is 0.0629. The number of hydrogen-bond donors (Lipinski definition) is 1. The molecule has 0 saturated carbocycles. The Morgan fingerprint density at radius 3 is 2.40 bits per heavy atom. The number of carbonyl (C=O) groups is 1. The van der Waals surface area contributed by atoms with Crippen LogP contribution in [0.25, 0.3) is 21.9 Å². The van der Waals surface area contributed by atoms with E-state index in [1.165, 1.54) is 6.07 Å². The van der Waals surface area contributed by atoms with Crippen molar-refractivity contribution >= 4 is 16.7 Å². The second-order valence-electron chi connectivity index (χ2n) is 8.00. The quantitative estimate of drug-likeness (QED) is 0.694. The number of fused-ring (bicyclic) bond motifs is 1. The van der Waals surface area contributed by atoms with Gasteiger partial charge in [0.05, 0.1) is 0 Å². The molecule has 0 radical (unpaired) electrons. The molecule has 0 bridgehead atoms. The van der Waals surface area contributed by atoms with Gasteiger partial charge in [0.1, 0.15) is 5.82 Å². The van der Waals surface area contributed by atoms with Gasteiger partial charge in [-0.1, -0.05) is 24.3 Å². The maximum atomic E-state index is 13.8. The highest BCUT2D eigenvalue weighted by Crippen LogP contribution is 2.27. The number of rotatable bonds is 5. The highest BCUT2D eigenvalue weighted by molar-refractivity contribution is 5.99. The number of benzene rings is 3. The molecule has 1 fully saturated rings. The van der Waals surface area contributed by atoms with E-state index in [1.54, 1.807) is 6.07 Å².